The second kappa shape index (κ2) is 8.09. The van der Waals surface area contributed by atoms with Gasteiger partial charge in [0.2, 0.25) is 0 Å². The van der Waals surface area contributed by atoms with E-state index in [9.17, 15) is 9.59 Å². The number of carboxylic acids is 1. The fraction of sp³-hybridized carbons (Fsp3) is 0.857. The molecular weight excluding hydrogens is 260 g/mol. The van der Waals surface area contributed by atoms with E-state index in [4.69, 9.17) is 9.84 Å². The van der Waals surface area contributed by atoms with Gasteiger partial charge >= 0.3 is 12.0 Å². The number of aliphatic carboxylic acids is 1. The fourth-order valence-corrected chi connectivity index (χ4v) is 2.64. The van der Waals surface area contributed by atoms with Crippen LogP contribution in [0, 0.1) is 5.92 Å². The Morgan fingerprint density at radius 1 is 1.35 bits per heavy atom. The number of amides is 2. The summed E-state index contributed by atoms with van der Waals surface area (Å²) in [5, 5.41) is 8.73. The van der Waals surface area contributed by atoms with Crippen molar-refractivity contribution < 1.29 is 19.4 Å². The average Bonchev–Trinajstić information content (AvgIpc) is 2.37. The van der Waals surface area contributed by atoms with Gasteiger partial charge in [-0.2, -0.15) is 0 Å². The lowest BCUT2D eigenvalue weighted by atomic mass is 9.97. The summed E-state index contributed by atoms with van der Waals surface area (Å²) in [6.07, 6.45) is 1.98. The molecule has 1 heterocycles. The average molecular weight is 286 g/mol. The molecule has 0 aromatic carbocycles. The van der Waals surface area contributed by atoms with Crippen LogP contribution in [0.15, 0.2) is 0 Å². The quantitative estimate of drug-likeness (QED) is 0.736. The van der Waals surface area contributed by atoms with Crippen LogP contribution >= 0.6 is 0 Å². The van der Waals surface area contributed by atoms with Gasteiger partial charge in [-0.05, 0) is 12.8 Å². The molecule has 1 rings (SSSR count). The Labute approximate surface area is 120 Å². The zero-order chi connectivity index (χ0) is 15.1. The molecule has 0 bridgehead atoms. The third kappa shape index (κ3) is 4.37. The number of carbonyl (C=O) groups excluding carboxylic acids is 1. The van der Waals surface area contributed by atoms with Crippen molar-refractivity contribution in [2.45, 2.75) is 39.2 Å². The van der Waals surface area contributed by atoms with Crippen LogP contribution in [0.4, 0.5) is 4.79 Å². The van der Waals surface area contributed by atoms with Gasteiger partial charge in [0.05, 0.1) is 13.0 Å². The van der Waals surface area contributed by atoms with Crippen LogP contribution in [-0.4, -0.2) is 66.3 Å². The summed E-state index contributed by atoms with van der Waals surface area (Å²) in [7, 11) is 1.63. The Bertz CT molecular complexity index is 325. The van der Waals surface area contributed by atoms with E-state index in [1.807, 2.05) is 4.90 Å². The van der Waals surface area contributed by atoms with Crippen LogP contribution in [0.25, 0.3) is 0 Å². The third-order valence-electron chi connectivity index (χ3n) is 3.86. The number of carbonyl (C=O) groups is 2. The molecule has 0 aliphatic carbocycles. The van der Waals surface area contributed by atoms with Crippen molar-refractivity contribution in [2.24, 2.45) is 5.92 Å². The van der Waals surface area contributed by atoms with Crippen molar-refractivity contribution in [3.63, 3.8) is 0 Å². The van der Waals surface area contributed by atoms with E-state index in [1.165, 1.54) is 0 Å². The molecule has 116 valence electrons. The lowest BCUT2D eigenvalue weighted by Gasteiger charge is -2.43. The fourth-order valence-electron chi connectivity index (χ4n) is 2.64. The molecule has 1 aliphatic heterocycles. The standard InChI is InChI=1S/C14H26N2O4/c1-4-12(5-2)16(6-7-20-3)14(19)15-9-11(10-15)8-13(17)18/h11-12H,4-10H2,1-3H3,(H,17,18). The van der Waals surface area contributed by atoms with Gasteiger partial charge in [-0.25, -0.2) is 4.79 Å². The molecule has 0 atom stereocenters. The van der Waals surface area contributed by atoms with Crippen LogP contribution in [0.2, 0.25) is 0 Å². The summed E-state index contributed by atoms with van der Waals surface area (Å²) >= 11 is 0. The van der Waals surface area contributed by atoms with Crippen molar-refractivity contribution in [3.05, 3.63) is 0 Å². The maximum absolute atomic E-state index is 12.5. The molecule has 0 spiro atoms. The summed E-state index contributed by atoms with van der Waals surface area (Å²) in [5.74, 6) is -0.694. The topological polar surface area (TPSA) is 70.1 Å². The van der Waals surface area contributed by atoms with E-state index >= 15 is 0 Å². The van der Waals surface area contributed by atoms with Gasteiger partial charge in [0, 0.05) is 38.7 Å². The largest absolute Gasteiger partial charge is 0.481 e. The van der Waals surface area contributed by atoms with Gasteiger partial charge in [-0.1, -0.05) is 13.8 Å². The van der Waals surface area contributed by atoms with E-state index in [0.29, 0.717) is 26.2 Å². The molecule has 0 radical (unpaired) electrons. The van der Waals surface area contributed by atoms with Crippen LogP contribution in [0.3, 0.4) is 0 Å². The summed E-state index contributed by atoms with van der Waals surface area (Å²) in [6.45, 7) is 6.36. The summed E-state index contributed by atoms with van der Waals surface area (Å²) < 4.78 is 5.08. The van der Waals surface area contributed by atoms with Gasteiger partial charge in [-0.3, -0.25) is 4.79 Å². The number of hydrogen-bond donors (Lipinski definition) is 1. The third-order valence-corrected chi connectivity index (χ3v) is 3.86. The first kappa shape index (κ1) is 16.8. The Balaban J connectivity index is 2.54. The summed E-state index contributed by atoms with van der Waals surface area (Å²) in [5.41, 5.74) is 0. The van der Waals surface area contributed by atoms with E-state index in [2.05, 4.69) is 13.8 Å². The monoisotopic (exact) mass is 286 g/mol. The molecule has 1 fully saturated rings. The first-order valence-electron chi connectivity index (χ1n) is 7.29. The lowest BCUT2D eigenvalue weighted by molar-refractivity contribution is -0.139. The highest BCUT2D eigenvalue weighted by molar-refractivity contribution is 5.76. The molecule has 1 N–H and O–H groups in total. The SMILES string of the molecule is CCC(CC)N(CCOC)C(=O)N1CC(CC(=O)O)C1. The van der Waals surface area contributed by atoms with Crippen molar-refractivity contribution in [2.75, 3.05) is 33.4 Å². The number of carboxylic acid groups (broad SMARTS) is 1. The number of ether oxygens (including phenoxy) is 1. The van der Waals surface area contributed by atoms with Gasteiger partial charge in [-0.15, -0.1) is 0 Å². The molecule has 2 amide bonds. The summed E-state index contributed by atoms with van der Waals surface area (Å²) in [6, 6.07) is 0.230. The number of methoxy groups -OCH3 is 1. The van der Waals surface area contributed by atoms with Gasteiger partial charge in [0.25, 0.3) is 0 Å². The number of nitrogens with zero attached hydrogens (tertiary/aromatic N) is 2. The minimum absolute atomic E-state index is 0.0115. The van der Waals surface area contributed by atoms with Crippen LogP contribution in [-0.2, 0) is 9.53 Å². The summed E-state index contributed by atoms with van der Waals surface area (Å²) in [4.78, 5) is 26.7. The molecule has 1 saturated heterocycles. The molecule has 6 heteroatoms. The van der Waals surface area contributed by atoms with E-state index in [-0.39, 0.29) is 24.4 Å². The second-order valence-corrected chi connectivity index (χ2v) is 5.31. The molecule has 20 heavy (non-hydrogen) atoms. The highest BCUT2D eigenvalue weighted by Gasteiger charge is 2.35. The molecule has 0 aromatic rings. The molecule has 0 aromatic heterocycles. The molecule has 1 aliphatic rings. The number of hydrogen-bond acceptors (Lipinski definition) is 3. The molecular formula is C14H26N2O4. The minimum atomic E-state index is -0.793. The van der Waals surface area contributed by atoms with Crippen molar-refractivity contribution in [3.8, 4) is 0 Å². The van der Waals surface area contributed by atoms with Gasteiger partial charge < -0.3 is 19.6 Å². The van der Waals surface area contributed by atoms with Crippen molar-refractivity contribution in [1.82, 2.24) is 9.80 Å². The maximum Gasteiger partial charge on any atom is 0.320 e. The number of rotatable bonds is 8. The highest BCUT2D eigenvalue weighted by atomic mass is 16.5. The van der Waals surface area contributed by atoms with Crippen molar-refractivity contribution in [1.29, 1.82) is 0 Å². The Morgan fingerprint density at radius 2 is 1.95 bits per heavy atom. The molecule has 0 unspecified atom stereocenters. The van der Waals surface area contributed by atoms with Crippen molar-refractivity contribution >= 4 is 12.0 Å². The van der Waals surface area contributed by atoms with Crippen LogP contribution in [0.1, 0.15) is 33.1 Å². The van der Waals surface area contributed by atoms with Crippen LogP contribution in [0.5, 0.6) is 0 Å². The first-order valence-corrected chi connectivity index (χ1v) is 7.29. The first-order chi connectivity index (χ1) is 9.53. The number of urea groups is 1. The Hall–Kier alpha value is -1.30. The Kier molecular flexibility index (Phi) is 6.78. The van der Waals surface area contributed by atoms with E-state index in [1.54, 1.807) is 12.0 Å². The minimum Gasteiger partial charge on any atom is -0.481 e. The van der Waals surface area contributed by atoms with Gasteiger partial charge in [0.1, 0.15) is 0 Å². The zero-order valence-corrected chi connectivity index (χ0v) is 12.7. The number of likely N-dealkylation sites (tertiary alicyclic amines) is 1. The van der Waals surface area contributed by atoms with E-state index in [0.717, 1.165) is 12.8 Å². The normalized spacial score (nSPS) is 15.3. The smallest absolute Gasteiger partial charge is 0.320 e. The molecule has 0 saturated carbocycles. The second-order valence-electron chi connectivity index (χ2n) is 5.31. The van der Waals surface area contributed by atoms with Crippen LogP contribution < -0.4 is 0 Å². The highest BCUT2D eigenvalue weighted by Crippen LogP contribution is 2.22. The zero-order valence-electron chi connectivity index (χ0n) is 12.7. The predicted octanol–water partition coefficient (Wildman–Crippen LogP) is 1.65. The Morgan fingerprint density at radius 3 is 2.40 bits per heavy atom. The lowest BCUT2D eigenvalue weighted by Crippen LogP contribution is -2.57. The van der Waals surface area contributed by atoms with Gasteiger partial charge in [0.15, 0.2) is 0 Å². The maximum atomic E-state index is 12.5. The van der Waals surface area contributed by atoms with E-state index < -0.39 is 5.97 Å². The molecule has 6 nitrogen and oxygen atoms in total. The predicted molar refractivity (Wildman–Crippen MR) is 75.7 cm³/mol.